The number of nitrogens with one attached hydrogen (secondary N) is 1. The van der Waals surface area contributed by atoms with Crippen molar-refractivity contribution in [3.63, 3.8) is 0 Å². The Hall–Kier alpha value is -0.330. The number of amides is 1. The highest BCUT2D eigenvalue weighted by Crippen LogP contribution is 2.12. The Labute approximate surface area is 115 Å². The Morgan fingerprint density at radius 2 is 1.89 bits per heavy atom. The minimum atomic E-state index is -2.93. The van der Waals surface area contributed by atoms with Crippen LogP contribution in [0.3, 0.4) is 0 Å². The molecule has 0 aromatic heterocycles. The summed E-state index contributed by atoms with van der Waals surface area (Å²) in [5.74, 6) is 0.419. The predicted molar refractivity (Wildman–Crippen MR) is 72.7 cm³/mol. The number of halogens is 1. The summed E-state index contributed by atoms with van der Waals surface area (Å²) in [5.41, 5.74) is 0. The summed E-state index contributed by atoms with van der Waals surface area (Å²) in [6, 6.07) is -0.0930. The van der Waals surface area contributed by atoms with Gasteiger partial charge in [-0.05, 0) is 25.8 Å². The Bertz CT molecular complexity index is 380. The lowest BCUT2D eigenvalue weighted by molar-refractivity contribution is -0.133. The number of sulfone groups is 1. The molecule has 0 radical (unpaired) electrons. The van der Waals surface area contributed by atoms with Crippen LogP contribution < -0.4 is 5.32 Å². The summed E-state index contributed by atoms with van der Waals surface area (Å²) in [6.45, 7) is 1.83. The topological polar surface area (TPSA) is 66.5 Å². The largest absolute Gasteiger partial charge is 0.340 e. The molecule has 2 aliphatic heterocycles. The molecule has 0 unspecified atom stereocenters. The van der Waals surface area contributed by atoms with Gasteiger partial charge >= 0.3 is 0 Å². The first-order valence-electron chi connectivity index (χ1n) is 6.31. The van der Waals surface area contributed by atoms with E-state index in [1.54, 1.807) is 4.90 Å². The molecule has 7 heteroatoms. The molecule has 1 atom stereocenters. The monoisotopic (exact) mass is 296 g/mol. The minimum Gasteiger partial charge on any atom is -0.340 e. The number of nitrogens with zero attached hydrogens (tertiary/aromatic N) is 1. The van der Waals surface area contributed by atoms with Crippen molar-refractivity contribution >= 4 is 28.2 Å². The average molecular weight is 297 g/mol. The molecule has 2 saturated heterocycles. The van der Waals surface area contributed by atoms with Crippen LogP contribution in [0.15, 0.2) is 0 Å². The van der Waals surface area contributed by atoms with Crippen LogP contribution in [0.1, 0.15) is 25.7 Å². The van der Waals surface area contributed by atoms with Crippen LogP contribution in [0.25, 0.3) is 0 Å². The maximum atomic E-state index is 12.2. The van der Waals surface area contributed by atoms with Gasteiger partial charge in [-0.3, -0.25) is 4.79 Å². The number of carbonyl (C=O) groups is 1. The van der Waals surface area contributed by atoms with Crippen LogP contribution in [0, 0.1) is 0 Å². The molecule has 106 valence electrons. The van der Waals surface area contributed by atoms with Gasteiger partial charge in [0.1, 0.15) is 0 Å². The Morgan fingerprint density at radius 1 is 1.11 bits per heavy atom. The molecule has 0 spiro atoms. The smallest absolute Gasteiger partial charge is 0.239 e. The average Bonchev–Trinajstić information content (AvgIpc) is 2.50. The van der Waals surface area contributed by atoms with Gasteiger partial charge in [0.2, 0.25) is 5.91 Å². The van der Waals surface area contributed by atoms with Crippen LogP contribution in [0.4, 0.5) is 0 Å². The number of carbonyl (C=O) groups excluding carboxylic acids is 1. The van der Waals surface area contributed by atoms with Gasteiger partial charge in [0.05, 0.1) is 17.5 Å². The lowest BCUT2D eigenvalue weighted by Crippen LogP contribution is -2.49. The SMILES string of the molecule is Cl.O=C([C@@H]1CCCCN1)N1CCCS(=O)(=O)CC1. The second kappa shape index (κ2) is 6.73. The van der Waals surface area contributed by atoms with Gasteiger partial charge in [-0.15, -0.1) is 12.4 Å². The molecule has 1 N–H and O–H groups in total. The normalized spacial score (nSPS) is 28.0. The number of hydrogen-bond donors (Lipinski definition) is 1. The molecule has 18 heavy (non-hydrogen) atoms. The highest BCUT2D eigenvalue weighted by molar-refractivity contribution is 7.91. The Kier molecular flexibility index (Phi) is 5.88. The van der Waals surface area contributed by atoms with Gasteiger partial charge in [-0.2, -0.15) is 0 Å². The molecule has 2 aliphatic rings. The van der Waals surface area contributed by atoms with Crippen LogP contribution in [-0.4, -0.2) is 56.4 Å². The first-order valence-corrected chi connectivity index (χ1v) is 8.13. The lowest BCUT2D eigenvalue weighted by Gasteiger charge is -2.28. The quantitative estimate of drug-likeness (QED) is 0.750. The van der Waals surface area contributed by atoms with E-state index in [2.05, 4.69) is 5.32 Å². The summed E-state index contributed by atoms with van der Waals surface area (Å²) >= 11 is 0. The summed E-state index contributed by atoms with van der Waals surface area (Å²) in [5, 5.41) is 3.22. The van der Waals surface area contributed by atoms with Crippen molar-refractivity contribution in [2.75, 3.05) is 31.1 Å². The van der Waals surface area contributed by atoms with Crippen LogP contribution in [0.5, 0.6) is 0 Å². The van der Waals surface area contributed by atoms with Crippen molar-refractivity contribution in [3.05, 3.63) is 0 Å². The van der Waals surface area contributed by atoms with E-state index in [4.69, 9.17) is 0 Å². The van der Waals surface area contributed by atoms with E-state index in [1.807, 2.05) is 0 Å². The first kappa shape index (κ1) is 15.7. The molecule has 2 fully saturated rings. The molecule has 5 nitrogen and oxygen atoms in total. The molecular formula is C11H21ClN2O3S. The maximum absolute atomic E-state index is 12.2. The number of hydrogen-bond acceptors (Lipinski definition) is 4. The Morgan fingerprint density at radius 3 is 2.56 bits per heavy atom. The third kappa shape index (κ3) is 4.10. The lowest BCUT2D eigenvalue weighted by atomic mass is 10.0. The van der Waals surface area contributed by atoms with Crippen LogP contribution in [0.2, 0.25) is 0 Å². The van der Waals surface area contributed by atoms with E-state index in [0.717, 1.165) is 25.8 Å². The fourth-order valence-electron chi connectivity index (χ4n) is 2.44. The van der Waals surface area contributed by atoms with E-state index < -0.39 is 9.84 Å². The van der Waals surface area contributed by atoms with Crippen molar-refractivity contribution in [1.82, 2.24) is 10.2 Å². The summed E-state index contributed by atoms with van der Waals surface area (Å²) in [6.07, 6.45) is 3.65. The summed E-state index contributed by atoms with van der Waals surface area (Å²) in [7, 11) is -2.93. The van der Waals surface area contributed by atoms with E-state index in [1.165, 1.54) is 0 Å². The van der Waals surface area contributed by atoms with E-state index in [0.29, 0.717) is 19.5 Å². The zero-order chi connectivity index (χ0) is 12.3. The first-order chi connectivity index (χ1) is 8.08. The van der Waals surface area contributed by atoms with Crippen molar-refractivity contribution in [3.8, 4) is 0 Å². The fourth-order valence-corrected chi connectivity index (χ4v) is 3.71. The third-order valence-electron chi connectivity index (χ3n) is 3.48. The van der Waals surface area contributed by atoms with Gasteiger partial charge in [-0.1, -0.05) is 6.42 Å². The summed E-state index contributed by atoms with van der Waals surface area (Å²) < 4.78 is 22.9. The highest BCUT2D eigenvalue weighted by atomic mass is 35.5. The predicted octanol–water partition coefficient (Wildman–Crippen LogP) is 0.197. The molecule has 1 amide bonds. The third-order valence-corrected chi connectivity index (χ3v) is 5.19. The van der Waals surface area contributed by atoms with Gasteiger partial charge in [-0.25, -0.2) is 8.42 Å². The second-order valence-corrected chi connectivity index (χ2v) is 7.14. The van der Waals surface area contributed by atoms with Crippen LogP contribution >= 0.6 is 12.4 Å². The second-order valence-electron chi connectivity index (χ2n) is 4.83. The molecule has 0 aliphatic carbocycles. The number of piperidine rings is 1. The molecule has 2 rings (SSSR count). The zero-order valence-corrected chi connectivity index (χ0v) is 12.1. The standard InChI is InChI=1S/C11H20N2O3S.ClH/c14-11(10-4-1-2-5-12-10)13-6-3-8-17(15,16)9-7-13;/h10,12H,1-9H2;1H/t10-;/m0./s1. The zero-order valence-electron chi connectivity index (χ0n) is 10.4. The van der Waals surface area contributed by atoms with Crippen molar-refractivity contribution < 1.29 is 13.2 Å². The van der Waals surface area contributed by atoms with E-state index in [9.17, 15) is 13.2 Å². The molecule has 2 heterocycles. The van der Waals surface area contributed by atoms with Crippen LogP contribution in [-0.2, 0) is 14.6 Å². The van der Waals surface area contributed by atoms with Crippen molar-refractivity contribution in [1.29, 1.82) is 0 Å². The fraction of sp³-hybridized carbons (Fsp3) is 0.909. The highest BCUT2D eigenvalue weighted by Gasteiger charge is 2.28. The molecule has 0 bridgehead atoms. The minimum absolute atomic E-state index is 0. The molecular weight excluding hydrogens is 276 g/mol. The number of rotatable bonds is 1. The van der Waals surface area contributed by atoms with E-state index >= 15 is 0 Å². The molecule has 0 aromatic carbocycles. The summed E-state index contributed by atoms with van der Waals surface area (Å²) in [4.78, 5) is 13.9. The Balaban J connectivity index is 0.00000162. The van der Waals surface area contributed by atoms with Gasteiger partial charge in [0, 0.05) is 13.1 Å². The van der Waals surface area contributed by atoms with Gasteiger partial charge in [0.25, 0.3) is 0 Å². The molecule has 0 saturated carbocycles. The van der Waals surface area contributed by atoms with Gasteiger partial charge < -0.3 is 10.2 Å². The van der Waals surface area contributed by atoms with E-state index in [-0.39, 0.29) is 35.9 Å². The van der Waals surface area contributed by atoms with Gasteiger partial charge in [0.15, 0.2) is 9.84 Å². The molecule has 0 aromatic rings. The van der Waals surface area contributed by atoms with Crippen molar-refractivity contribution in [2.24, 2.45) is 0 Å². The van der Waals surface area contributed by atoms with Crippen molar-refractivity contribution in [2.45, 2.75) is 31.7 Å². The maximum Gasteiger partial charge on any atom is 0.239 e.